The minimum atomic E-state index is 0.167. The summed E-state index contributed by atoms with van der Waals surface area (Å²) in [4.78, 5) is 0. The Hall–Kier alpha value is -0.740. The average Bonchev–Trinajstić information content (AvgIpc) is 3.10. The molecule has 1 aromatic rings. The van der Waals surface area contributed by atoms with Crippen LogP contribution in [0.4, 0.5) is 0 Å². The van der Waals surface area contributed by atoms with Gasteiger partial charge in [0.05, 0.1) is 18.2 Å². The third-order valence-electron chi connectivity index (χ3n) is 3.37. The fraction of sp³-hybridized carbons (Fsp3) is 0.538. The van der Waals surface area contributed by atoms with Gasteiger partial charge in [-0.1, -0.05) is 0 Å². The smallest absolute Gasteiger partial charge is 0.174 e. The number of nitrogens with two attached hydrogens (primary N) is 1. The van der Waals surface area contributed by atoms with E-state index in [0.29, 0.717) is 13.2 Å². The first-order chi connectivity index (χ1) is 8.16. The standard InChI is InChI=1S/C13H18BrNO2/c1-3-17-11-7-9(13(8-15)4-5-13)6-10(14)12(11)16-2/h6-7H,3-5,8,15H2,1-2H3. The molecule has 1 saturated carbocycles. The first kappa shape index (κ1) is 12.7. The third-order valence-corrected chi connectivity index (χ3v) is 3.96. The molecule has 0 aliphatic heterocycles. The van der Waals surface area contributed by atoms with Gasteiger partial charge in [0, 0.05) is 12.0 Å². The zero-order valence-electron chi connectivity index (χ0n) is 10.3. The predicted molar refractivity (Wildman–Crippen MR) is 71.8 cm³/mol. The Balaban J connectivity index is 2.42. The fourth-order valence-corrected chi connectivity index (χ4v) is 2.70. The van der Waals surface area contributed by atoms with Crippen molar-refractivity contribution in [3.05, 3.63) is 22.2 Å². The molecule has 2 rings (SSSR count). The summed E-state index contributed by atoms with van der Waals surface area (Å²) in [5.41, 5.74) is 7.27. The molecule has 1 fully saturated rings. The van der Waals surface area contributed by atoms with Gasteiger partial charge in [0.2, 0.25) is 0 Å². The molecular formula is C13H18BrNO2. The molecule has 0 spiro atoms. The summed E-state index contributed by atoms with van der Waals surface area (Å²) in [6, 6.07) is 4.16. The lowest BCUT2D eigenvalue weighted by Gasteiger charge is -2.18. The maximum absolute atomic E-state index is 5.86. The van der Waals surface area contributed by atoms with Crippen LogP contribution >= 0.6 is 15.9 Å². The Morgan fingerprint density at radius 2 is 2.12 bits per heavy atom. The molecule has 1 aliphatic carbocycles. The highest BCUT2D eigenvalue weighted by atomic mass is 79.9. The molecule has 0 heterocycles. The van der Waals surface area contributed by atoms with E-state index in [0.717, 1.165) is 28.8 Å². The lowest BCUT2D eigenvalue weighted by molar-refractivity contribution is 0.309. The van der Waals surface area contributed by atoms with Crippen molar-refractivity contribution >= 4 is 15.9 Å². The van der Waals surface area contributed by atoms with Crippen LogP contribution in [0.2, 0.25) is 0 Å². The van der Waals surface area contributed by atoms with Crippen molar-refractivity contribution in [1.82, 2.24) is 0 Å². The van der Waals surface area contributed by atoms with Crippen LogP contribution in [-0.2, 0) is 5.41 Å². The molecule has 3 nitrogen and oxygen atoms in total. The number of rotatable bonds is 5. The lowest BCUT2D eigenvalue weighted by atomic mass is 9.96. The van der Waals surface area contributed by atoms with Crippen molar-refractivity contribution in [3.63, 3.8) is 0 Å². The molecule has 2 N–H and O–H groups in total. The Kier molecular flexibility index (Phi) is 3.64. The maximum Gasteiger partial charge on any atom is 0.174 e. The molecule has 17 heavy (non-hydrogen) atoms. The third kappa shape index (κ3) is 2.29. The molecule has 0 radical (unpaired) electrons. The van der Waals surface area contributed by atoms with Crippen molar-refractivity contribution < 1.29 is 9.47 Å². The van der Waals surface area contributed by atoms with Crippen LogP contribution < -0.4 is 15.2 Å². The summed E-state index contributed by atoms with van der Waals surface area (Å²) < 4.78 is 11.9. The van der Waals surface area contributed by atoms with E-state index in [1.807, 2.05) is 6.92 Å². The summed E-state index contributed by atoms with van der Waals surface area (Å²) in [6.07, 6.45) is 2.32. The number of benzene rings is 1. The SMILES string of the molecule is CCOc1cc(C2(CN)CC2)cc(Br)c1OC. The Morgan fingerprint density at radius 3 is 2.59 bits per heavy atom. The van der Waals surface area contributed by atoms with Crippen LogP contribution in [0, 0.1) is 0 Å². The van der Waals surface area contributed by atoms with E-state index in [1.165, 1.54) is 5.56 Å². The van der Waals surface area contributed by atoms with Crippen molar-refractivity contribution in [2.75, 3.05) is 20.3 Å². The van der Waals surface area contributed by atoms with Crippen LogP contribution in [0.25, 0.3) is 0 Å². The van der Waals surface area contributed by atoms with Crippen molar-refractivity contribution in [3.8, 4) is 11.5 Å². The van der Waals surface area contributed by atoms with Crippen LogP contribution in [0.15, 0.2) is 16.6 Å². The van der Waals surface area contributed by atoms with Gasteiger partial charge in [0.25, 0.3) is 0 Å². The first-order valence-corrected chi connectivity index (χ1v) is 6.67. The van der Waals surface area contributed by atoms with Gasteiger partial charge in [-0.25, -0.2) is 0 Å². The van der Waals surface area contributed by atoms with E-state index < -0.39 is 0 Å². The molecule has 1 aliphatic rings. The van der Waals surface area contributed by atoms with Gasteiger partial charge >= 0.3 is 0 Å². The number of halogens is 1. The normalized spacial score (nSPS) is 16.7. The van der Waals surface area contributed by atoms with Gasteiger partial charge in [-0.2, -0.15) is 0 Å². The zero-order valence-corrected chi connectivity index (χ0v) is 11.8. The summed E-state index contributed by atoms with van der Waals surface area (Å²) in [5.74, 6) is 1.54. The minimum absolute atomic E-state index is 0.167. The Bertz CT molecular complexity index is 416. The van der Waals surface area contributed by atoms with Crippen molar-refractivity contribution in [2.24, 2.45) is 5.73 Å². The van der Waals surface area contributed by atoms with Gasteiger partial charge in [0.1, 0.15) is 0 Å². The van der Waals surface area contributed by atoms with Crippen molar-refractivity contribution in [2.45, 2.75) is 25.2 Å². The van der Waals surface area contributed by atoms with E-state index in [1.54, 1.807) is 7.11 Å². The monoisotopic (exact) mass is 299 g/mol. The van der Waals surface area contributed by atoms with Crippen LogP contribution in [0.5, 0.6) is 11.5 Å². The molecule has 0 atom stereocenters. The minimum Gasteiger partial charge on any atom is -0.492 e. The Morgan fingerprint density at radius 1 is 1.41 bits per heavy atom. The molecular weight excluding hydrogens is 282 g/mol. The van der Waals surface area contributed by atoms with Crippen LogP contribution in [0.3, 0.4) is 0 Å². The molecule has 1 aromatic carbocycles. The molecule has 0 unspecified atom stereocenters. The van der Waals surface area contributed by atoms with Gasteiger partial charge < -0.3 is 15.2 Å². The van der Waals surface area contributed by atoms with E-state index in [2.05, 4.69) is 28.1 Å². The number of ether oxygens (including phenoxy) is 2. The highest BCUT2D eigenvalue weighted by Crippen LogP contribution is 2.50. The van der Waals surface area contributed by atoms with E-state index in [9.17, 15) is 0 Å². The lowest BCUT2D eigenvalue weighted by Crippen LogP contribution is -2.19. The molecule has 0 amide bonds. The number of hydrogen-bond acceptors (Lipinski definition) is 3. The van der Waals surface area contributed by atoms with Gasteiger partial charge in [-0.3, -0.25) is 0 Å². The number of methoxy groups -OCH3 is 1. The summed E-state index contributed by atoms with van der Waals surface area (Å²) in [7, 11) is 1.65. The highest BCUT2D eigenvalue weighted by molar-refractivity contribution is 9.10. The second-order valence-electron chi connectivity index (χ2n) is 4.41. The van der Waals surface area contributed by atoms with Crippen LogP contribution in [0.1, 0.15) is 25.3 Å². The molecule has 4 heteroatoms. The Labute approximate surface area is 110 Å². The zero-order chi connectivity index (χ0) is 12.5. The van der Waals surface area contributed by atoms with Crippen molar-refractivity contribution in [1.29, 1.82) is 0 Å². The largest absolute Gasteiger partial charge is 0.492 e. The summed E-state index contributed by atoms with van der Waals surface area (Å²) in [6.45, 7) is 3.29. The van der Waals surface area contributed by atoms with E-state index >= 15 is 0 Å². The first-order valence-electron chi connectivity index (χ1n) is 5.87. The second kappa shape index (κ2) is 4.86. The number of hydrogen-bond donors (Lipinski definition) is 1. The predicted octanol–water partition coefficient (Wildman–Crippen LogP) is 2.85. The fourth-order valence-electron chi connectivity index (χ4n) is 2.10. The van der Waals surface area contributed by atoms with Gasteiger partial charge in [-0.15, -0.1) is 0 Å². The molecule has 0 saturated heterocycles. The molecule has 0 aromatic heterocycles. The molecule has 94 valence electrons. The summed E-state index contributed by atoms with van der Waals surface area (Å²) >= 11 is 3.53. The molecule has 0 bridgehead atoms. The van der Waals surface area contributed by atoms with Gasteiger partial charge in [-0.05, 0) is 53.4 Å². The van der Waals surface area contributed by atoms with Crippen LogP contribution in [-0.4, -0.2) is 20.3 Å². The quantitative estimate of drug-likeness (QED) is 0.909. The maximum atomic E-state index is 5.86. The van der Waals surface area contributed by atoms with E-state index in [-0.39, 0.29) is 5.41 Å². The average molecular weight is 300 g/mol. The summed E-state index contributed by atoms with van der Waals surface area (Å²) in [5, 5.41) is 0. The topological polar surface area (TPSA) is 44.5 Å². The highest BCUT2D eigenvalue weighted by Gasteiger charge is 2.43. The van der Waals surface area contributed by atoms with E-state index in [4.69, 9.17) is 15.2 Å². The van der Waals surface area contributed by atoms with Gasteiger partial charge in [0.15, 0.2) is 11.5 Å². The second-order valence-corrected chi connectivity index (χ2v) is 5.26.